The van der Waals surface area contributed by atoms with E-state index in [1.807, 2.05) is 4.90 Å². The number of aromatic amines is 1. The summed E-state index contributed by atoms with van der Waals surface area (Å²) < 4.78 is 0. The maximum absolute atomic E-state index is 12.8. The highest BCUT2D eigenvalue weighted by Gasteiger charge is 2.39. The van der Waals surface area contributed by atoms with Crippen molar-refractivity contribution in [2.75, 3.05) is 36.1 Å². The smallest absolute Gasteiger partial charge is 0.275 e. The van der Waals surface area contributed by atoms with Crippen molar-refractivity contribution < 1.29 is 9.59 Å². The van der Waals surface area contributed by atoms with Gasteiger partial charge in [0.15, 0.2) is 5.82 Å². The van der Waals surface area contributed by atoms with E-state index in [0.29, 0.717) is 48.1 Å². The van der Waals surface area contributed by atoms with Gasteiger partial charge in [0, 0.05) is 30.2 Å². The highest BCUT2D eigenvalue weighted by atomic mass is 32.1. The maximum atomic E-state index is 12.8. The van der Waals surface area contributed by atoms with Crippen LogP contribution in [0.15, 0.2) is 30.0 Å². The Balaban J connectivity index is 1.53. The summed E-state index contributed by atoms with van der Waals surface area (Å²) in [5, 5.41) is 14.9. The van der Waals surface area contributed by atoms with E-state index in [2.05, 4.69) is 30.8 Å². The molecule has 1 aliphatic heterocycles. The Morgan fingerprint density at radius 3 is 2.71 bits per heavy atom. The lowest BCUT2D eigenvalue weighted by Gasteiger charge is -2.40. The predicted molar refractivity (Wildman–Crippen MR) is 119 cm³/mol. The minimum Gasteiger partial charge on any atom is -0.397 e. The minimum atomic E-state index is -0.738. The second-order valence-corrected chi connectivity index (χ2v) is 8.16. The van der Waals surface area contributed by atoms with Crippen LogP contribution >= 0.6 is 11.3 Å². The summed E-state index contributed by atoms with van der Waals surface area (Å²) in [7, 11) is 1.74. The Morgan fingerprint density at radius 1 is 1.29 bits per heavy atom. The number of aromatic nitrogens is 4. The molecule has 0 aromatic carbocycles. The monoisotopic (exact) mass is 441 g/mol. The normalized spacial score (nSPS) is 15.6. The molecule has 2 amide bonds. The summed E-state index contributed by atoms with van der Waals surface area (Å²) in [4.78, 5) is 35.5. The Morgan fingerprint density at radius 2 is 2.06 bits per heavy atom. The first kappa shape index (κ1) is 20.8. The Kier molecular flexibility index (Phi) is 5.57. The molecule has 31 heavy (non-hydrogen) atoms. The molecule has 0 unspecified atom stereocenters. The van der Waals surface area contributed by atoms with Crippen LogP contribution in [-0.2, 0) is 4.79 Å². The van der Waals surface area contributed by atoms with Crippen molar-refractivity contribution in [1.29, 1.82) is 0 Å². The molecule has 1 saturated heterocycles. The van der Waals surface area contributed by atoms with E-state index >= 15 is 0 Å². The number of amides is 2. The molecule has 4 heterocycles. The molecule has 0 saturated carbocycles. The van der Waals surface area contributed by atoms with E-state index < -0.39 is 5.54 Å². The zero-order valence-corrected chi connectivity index (χ0v) is 17.7. The molecule has 12 heteroatoms. The van der Waals surface area contributed by atoms with Crippen LogP contribution in [-0.4, -0.2) is 57.7 Å². The molecular formula is C19H23N9O2S. The zero-order valence-electron chi connectivity index (χ0n) is 16.9. The average Bonchev–Trinajstić information content (AvgIpc) is 3.46. The van der Waals surface area contributed by atoms with Gasteiger partial charge in [-0.3, -0.25) is 14.7 Å². The number of nitrogens with zero attached hydrogens (tertiary/aromatic N) is 4. The van der Waals surface area contributed by atoms with E-state index in [9.17, 15) is 9.59 Å². The van der Waals surface area contributed by atoms with Crippen LogP contribution in [0.2, 0.25) is 0 Å². The summed E-state index contributed by atoms with van der Waals surface area (Å²) >= 11 is 1.35. The number of H-pyrrole nitrogens is 1. The van der Waals surface area contributed by atoms with Crippen LogP contribution in [0.5, 0.6) is 0 Å². The number of carbonyl (C=O) groups excluding carboxylic acids is 2. The summed E-state index contributed by atoms with van der Waals surface area (Å²) in [5.41, 5.74) is 12.8. The van der Waals surface area contributed by atoms with Crippen LogP contribution in [0.4, 0.5) is 17.2 Å². The molecule has 162 valence electrons. The van der Waals surface area contributed by atoms with Crippen LogP contribution in [0, 0.1) is 0 Å². The molecule has 0 spiro atoms. The van der Waals surface area contributed by atoms with Gasteiger partial charge in [-0.05, 0) is 26.0 Å². The van der Waals surface area contributed by atoms with Gasteiger partial charge in [0.25, 0.3) is 5.91 Å². The van der Waals surface area contributed by atoms with Gasteiger partial charge in [-0.25, -0.2) is 9.97 Å². The number of anilines is 3. The molecule has 0 aliphatic carbocycles. The van der Waals surface area contributed by atoms with Crippen molar-refractivity contribution in [2.45, 2.75) is 18.4 Å². The second kappa shape index (κ2) is 8.32. The summed E-state index contributed by atoms with van der Waals surface area (Å²) in [6.45, 7) is 1.09. The van der Waals surface area contributed by atoms with E-state index in [4.69, 9.17) is 11.5 Å². The molecule has 3 aromatic rings. The quantitative estimate of drug-likeness (QED) is 0.374. The van der Waals surface area contributed by atoms with Gasteiger partial charge in [0.05, 0.1) is 23.8 Å². The number of nitrogens with one attached hydrogen (secondary N) is 3. The van der Waals surface area contributed by atoms with Gasteiger partial charge < -0.3 is 27.0 Å². The Labute approximate surface area is 182 Å². The predicted octanol–water partition coefficient (Wildman–Crippen LogP) is 0.806. The molecule has 11 nitrogen and oxygen atoms in total. The molecule has 0 atom stereocenters. The van der Waals surface area contributed by atoms with Gasteiger partial charge in [-0.2, -0.15) is 5.10 Å². The third kappa shape index (κ3) is 4.07. The molecule has 1 fully saturated rings. The third-order valence-electron chi connectivity index (χ3n) is 5.48. The minimum absolute atomic E-state index is 0.288. The number of thiazole rings is 1. The molecular weight excluding hydrogens is 418 g/mol. The second-order valence-electron chi connectivity index (χ2n) is 7.30. The number of rotatable bonds is 6. The van der Waals surface area contributed by atoms with Crippen LogP contribution in [0.25, 0.3) is 10.6 Å². The van der Waals surface area contributed by atoms with E-state index in [-0.39, 0.29) is 17.5 Å². The van der Waals surface area contributed by atoms with E-state index in [1.165, 1.54) is 11.3 Å². The first-order chi connectivity index (χ1) is 14.9. The van der Waals surface area contributed by atoms with Crippen LogP contribution in [0.1, 0.15) is 23.3 Å². The molecule has 0 radical (unpaired) electrons. The van der Waals surface area contributed by atoms with Crippen molar-refractivity contribution in [3.05, 3.63) is 35.7 Å². The first-order valence-corrected chi connectivity index (χ1v) is 10.5. The van der Waals surface area contributed by atoms with Crippen molar-refractivity contribution >= 4 is 40.3 Å². The average molecular weight is 442 g/mol. The molecule has 7 N–H and O–H groups in total. The lowest BCUT2D eigenvalue weighted by atomic mass is 9.87. The van der Waals surface area contributed by atoms with Crippen LogP contribution < -0.4 is 27.0 Å². The van der Waals surface area contributed by atoms with E-state index in [0.717, 1.165) is 5.56 Å². The van der Waals surface area contributed by atoms with E-state index in [1.54, 1.807) is 37.1 Å². The van der Waals surface area contributed by atoms with Gasteiger partial charge in [0.2, 0.25) is 5.91 Å². The SMILES string of the molecule is CNC1(C(N)=O)CCN(c2ncc(N)cc2NC(=O)c2csc(-c3cn[nH]c3)n2)CC1. The van der Waals surface area contributed by atoms with Crippen molar-refractivity contribution in [3.63, 3.8) is 0 Å². The lowest BCUT2D eigenvalue weighted by Crippen LogP contribution is -2.59. The number of pyridine rings is 1. The number of hydrogen-bond acceptors (Lipinski definition) is 9. The number of piperidine rings is 1. The fourth-order valence-electron chi connectivity index (χ4n) is 3.60. The van der Waals surface area contributed by atoms with Crippen LogP contribution in [0.3, 0.4) is 0 Å². The molecule has 3 aromatic heterocycles. The number of likely N-dealkylation sites (N-methyl/N-ethyl adjacent to an activating group) is 1. The summed E-state index contributed by atoms with van der Waals surface area (Å²) in [6, 6.07) is 1.66. The summed E-state index contributed by atoms with van der Waals surface area (Å²) in [5.74, 6) is -0.147. The van der Waals surface area contributed by atoms with Gasteiger partial charge in [0.1, 0.15) is 16.2 Å². The summed E-state index contributed by atoms with van der Waals surface area (Å²) in [6.07, 6.45) is 5.96. The Bertz CT molecular complexity index is 1090. The number of hydrogen-bond donors (Lipinski definition) is 5. The fraction of sp³-hybridized carbons (Fsp3) is 0.316. The number of carbonyl (C=O) groups is 2. The largest absolute Gasteiger partial charge is 0.397 e. The standard InChI is InChI=1S/C19H23N9O2S/c1-22-19(18(21)30)2-4-28(5-3-19)15-13(6-12(20)9-23-15)26-16(29)14-10-31-17(27-14)11-7-24-25-8-11/h6-10,22H,2-5,20H2,1H3,(H2,21,30)(H,24,25)(H,26,29). The highest BCUT2D eigenvalue weighted by molar-refractivity contribution is 7.13. The van der Waals surface area contributed by atoms with Gasteiger partial charge in [-0.1, -0.05) is 0 Å². The number of nitrogen functional groups attached to an aromatic ring is 1. The van der Waals surface area contributed by atoms with Gasteiger partial charge in [-0.15, -0.1) is 11.3 Å². The zero-order chi connectivity index (χ0) is 22.0. The van der Waals surface area contributed by atoms with Gasteiger partial charge >= 0.3 is 0 Å². The molecule has 0 bridgehead atoms. The first-order valence-electron chi connectivity index (χ1n) is 9.67. The lowest BCUT2D eigenvalue weighted by molar-refractivity contribution is -0.125. The highest BCUT2D eigenvalue weighted by Crippen LogP contribution is 2.31. The third-order valence-corrected chi connectivity index (χ3v) is 6.38. The number of primary amides is 1. The van der Waals surface area contributed by atoms with Crippen molar-refractivity contribution in [1.82, 2.24) is 25.5 Å². The maximum Gasteiger partial charge on any atom is 0.275 e. The topological polar surface area (TPSA) is 168 Å². The Hall–Kier alpha value is -3.51. The molecule has 4 rings (SSSR count). The van der Waals surface area contributed by atoms with Crippen molar-refractivity contribution in [2.24, 2.45) is 5.73 Å². The fourth-order valence-corrected chi connectivity index (χ4v) is 4.38. The van der Waals surface area contributed by atoms with Crippen molar-refractivity contribution in [3.8, 4) is 10.6 Å². The molecule has 1 aliphatic rings. The number of nitrogens with two attached hydrogens (primary N) is 2.